The van der Waals surface area contributed by atoms with Crippen molar-refractivity contribution in [2.45, 2.75) is 32.7 Å². The van der Waals surface area contributed by atoms with Gasteiger partial charge in [-0.1, -0.05) is 13.0 Å². The molecule has 0 amide bonds. The minimum absolute atomic E-state index is 0.462. The fourth-order valence-corrected chi connectivity index (χ4v) is 2.32. The molecule has 0 aliphatic heterocycles. The fraction of sp³-hybridized carbons (Fsp3) is 0.562. The summed E-state index contributed by atoms with van der Waals surface area (Å²) in [7, 11) is 3.25. The Hall–Kier alpha value is -1.91. The highest BCUT2D eigenvalue weighted by molar-refractivity contribution is 5.77. The van der Waals surface area contributed by atoms with Gasteiger partial charge in [0.05, 0.1) is 20.8 Å². The van der Waals surface area contributed by atoms with Gasteiger partial charge in [-0.3, -0.25) is 0 Å². The minimum Gasteiger partial charge on any atom is -0.493 e. The zero-order valence-electron chi connectivity index (χ0n) is 13.1. The van der Waals surface area contributed by atoms with Crippen molar-refractivity contribution in [2.24, 2.45) is 16.1 Å². The quantitative estimate of drug-likeness (QED) is 0.597. The van der Waals surface area contributed by atoms with Gasteiger partial charge in [0.1, 0.15) is 0 Å². The molecule has 0 atom stereocenters. The minimum atomic E-state index is 0.462. The molecule has 0 unspecified atom stereocenters. The van der Waals surface area contributed by atoms with E-state index >= 15 is 0 Å². The molecule has 2 rings (SSSR count). The van der Waals surface area contributed by atoms with Crippen LogP contribution in [0.1, 0.15) is 31.7 Å². The van der Waals surface area contributed by atoms with E-state index in [4.69, 9.17) is 15.2 Å². The van der Waals surface area contributed by atoms with Gasteiger partial charge in [-0.15, -0.1) is 0 Å². The van der Waals surface area contributed by atoms with E-state index < -0.39 is 0 Å². The first-order valence-corrected chi connectivity index (χ1v) is 7.37. The monoisotopic (exact) mass is 291 g/mol. The lowest BCUT2D eigenvalue weighted by atomic mass is 10.0. The van der Waals surface area contributed by atoms with Crippen molar-refractivity contribution in [1.29, 1.82) is 0 Å². The first kappa shape index (κ1) is 15.5. The number of hydrogen-bond acceptors (Lipinski definition) is 3. The normalized spacial score (nSPS) is 16.4. The molecule has 3 N–H and O–H groups in total. The molecular weight excluding hydrogens is 266 g/mol. The Bertz CT molecular complexity index is 510. The number of rotatable bonds is 7. The van der Waals surface area contributed by atoms with Gasteiger partial charge in [0.25, 0.3) is 0 Å². The smallest absolute Gasteiger partial charge is 0.188 e. The van der Waals surface area contributed by atoms with E-state index in [0.29, 0.717) is 23.7 Å². The number of guanidine groups is 1. The molecule has 0 radical (unpaired) electrons. The summed E-state index contributed by atoms with van der Waals surface area (Å²) in [6.45, 7) is 3.68. The van der Waals surface area contributed by atoms with E-state index in [0.717, 1.165) is 17.9 Å². The average molecular weight is 291 g/mol. The van der Waals surface area contributed by atoms with Gasteiger partial charge in [0.15, 0.2) is 17.5 Å². The van der Waals surface area contributed by atoms with Crippen LogP contribution in [0.5, 0.6) is 11.5 Å². The summed E-state index contributed by atoms with van der Waals surface area (Å²) in [6.07, 6.45) is 3.78. The third-order valence-corrected chi connectivity index (χ3v) is 4.23. The van der Waals surface area contributed by atoms with Crippen molar-refractivity contribution < 1.29 is 9.47 Å². The molecule has 1 aromatic carbocycles. The molecule has 1 aliphatic rings. The third-order valence-electron chi connectivity index (χ3n) is 4.23. The molecule has 1 aromatic rings. The van der Waals surface area contributed by atoms with Gasteiger partial charge in [0.2, 0.25) is 0 Å². The summed E-state index contributed by atoms with van der Waals surface area (Å²) < 4.78 is 10.5. The van der Waals surface area contributed by atoms with Crippen molar-refractivity contribution in [3.05, 3.63) is 23.8 Å². The summed E-state index contributed by atoms with van der Waals surface area (Å²) >= 11 is 0. The standard InChI is InChI=1S/C16H25N3O2/c1-4-16(7-8-16)11-19-15(17)18-10-12-5-6-13(20-2)14(9-12)21-3/h5-6,9H,4,7-8,10-11H2,1-3H3,(H3,17,18,19). The van der Waals surface area contributed by atoms with E-state index in [1.165, 1.54) is 19.3 Å². The number of methoxy groups -OCH3 is 2. The largest absolute Gasteiger partial charge is 0.493 e. The molecule has 0 aromatic heterocycles. The maximum atomic E-state index is 5.92. The summed E-state index contributed by atoms with van der Waals surface area (Å²) in [4.78, 5) is 4.38. The maximum Gasteiger partial charge on any atom is 0.188 e. The van der Waals surface area contributed by atoms with E-state index in [1.54, 1.807) is 14.2 Å². The molecular formula is C16H25N3O2. The number of aliphatic imine (C=N–C) groups is 1. The molecule has 21 heavy (non-hydrogen) atoms. The molecule has 1 fully saturated rings. The van der Waals surface area contributed by atoms with Crippen LogP contribution in [0, 0.1) is 5.41 Å². The van der Waals surface area contributed by atoms with Gasteiger partial charge in [-0.25, -0.2) is 4.99 Å². The zero-order chi connectivity index (χ0) is 15.3. The van der Waals surface area contributed by atoms with Crippen molar-refractivity contribution in [2.75, 3.05) is 20.8 Å². The highest BCUT2D eigenvalue weighted by Crippen LogP contribution is 2.47. The summed E-state index contributed by atoms with van der Waals surface area (Å²) in [6, 6.07) is 5.76. The van der Waals surface area contributed by atoms with Crippen molar-refractivity contribution in [3.8, 4) is 11.5 Å². The zero-order valence-corrected chi connectivity index (χ0v) is 13.1. The van der Waals surface area contributed by atoms with Crippen LogP contribution in [0.2, 0.25) is 0 Å². The number of ether oxygens (including phenoxy) is 2. The first-order valence-electron chi connectivity index (χ1n) is 7.37. The summed E-state index contributed by atoms with van der Waals surface area (Å²) in [5, 5.41) is 3.23. The SMILES string of the molecule is CCC1(CNC(N)=NCc2ccc(OC)c(OC)c2)CC1. The predicted molar refractivity (Wildman–Crippen MR) is 84.8 cm³/mol. The Labute approximate surface area is 126 Å². The lowest BCUT2D eigenvalue weighted by molar-refractivity contribution is 0.354. The van der Waals surface area contributed by atoms with E-state index in [9.17, 15) is 0 Å². The highest BCUT2D eigenvalue weighted by Gasteiger charge is 2.40. The topological polar surface area (TPSA) is 68.9 Å². The van der Waals surface area contributed by atoms with Crippen LogP contribution in [-0.4, -0.2) is 26.7 Å². The van der Waals surface area contributed by atoms with Crippen LogP contribution in [0.3, 0.4) is 0 Å². The van der Waals surface area contributed by atoms with E-state index in [1.807, 2.05) is 18.2 Å². The number of benzene rings is 1. The Balaban J connectivity index is 1.90. The predicted octanol–water partition coefficient (Wildman–Crippen LogP) is 2.30. The molecule has 1 saturated carbocycles. The number of hydrogen-bond donors (Lipinski definition) is 2. The maximum absolute atomic E-state index is 5.92. The summed E-state index contributed by atoms with van der Waals surface area (Å²) in [5.74, 6) is 1.93. The van der Waals surface area contributed by atoms with E-state index in [2.05, 4.69) is 17.2 Å². The Morgan fingerprint density at radius 1 is 1.29 bits per heavy atom. The first-order chi connectivity index (χ1) is 10.1. The molecule has 1 aliphatic carbocycles. The Morgan fingerprint density at radius 3 is 2.57 bits per heavy atom. The van der Waals surface area contributed by atoms with Gasteiger partial charge in [-0.2, -0.15) is 0 Å². The van der Waals surface area contributed by atoms with Crippen molar-refractivity contribution >= 4 is 5.96 Å². The van der Waals surface area contributed by atoms with Crippen LogP contribution >= 0.6 is 0 Å². The fourth-order valence-electron chi connectivity index (χ4n) is 2.32. The molecule has 0 spiro atoms. The van der Waals surface area contributed by atoms with Crippen molar-refractivity contribution in [1.82, 2.24) is 5.32 Å². The molecule has 5 heteroatoms. The Morgan fingerprint density at radius 2 is 2.00 bits per heavy atom. The lowest BCUT2D eigenvalue weighted by Crippen LogP contribution is -2.36. The molecule has 0 heterocycles. The van der Waals surface area contributed by atoms with Crippen LogP contribution in [0.25, 0.3) is 0 Å². The second-order valence-electron chi connectivity index (χ2n) is 5.60. The van der Waals surface area contributed by atoms with Gasteiger partial charge >= 0.3 is 0 Å². The summed E-state index contributed by atoms with van der Waals surface area (Å²) in [5.41, 5.74) is 7.42. The number of nitrogens with zero attached hydrogens (tertiary/aromatic N) is 1. The van der Waals surface area contributed by atoms with E-state index in [-0.39, 0.29) is 0 Å². The van der Waals surface area contributed by atoms with Gasteiger partial charge in [-0.05, 0) is 42.4 Å². The average Bonchev–Trinajstić information content (AvgIpc) is 3.31. The van der Waals surface area contributed by atoms with Crippen molar-refractivity contribution in [3.63, 3.8) is 0 Å². The molecule has 116 valence electrons. The molecule has 5 nitrogen and oxygen atoms in total. The number of nitrogens with two attached hydrogens (primary N) is 1. The Kier molecular flexibility index (Phi) is 4.94. The van der Waals surface area contributed by atoms with Crippen LogP contribution in [0.4, 0.5) is 0 Å². The second kappa shape index (κ2) is 6.70. The lowest BCUT2D eigenvalue weighted by Gasteiger charge is -2.14. The molecule has 0 bridgehead atoms. The number of nitrogens with one attached hydrogen (secondary N) is 1. The van der Waals surface area contributed by atoms with Gasteiger partial charge < -0.3 is 20.5 Å². The third kappa shape index (κ3) is 4.03. The molecule has 0 saturated heterocycles. The van der Waals surface area contributed by atoms with Crippen LogP contribution in [-0.2, 0) is 6.54 Å². The highest BCUT2D eigenvalue weighted by atomic mass is 16.5. The van der Waals surface area contributed by atoms with Crippen LogP contribution < -0.4 is 20.5 Å². The van der Waals surface area contributed by atoms with Crippen LogP contribution in [0.15, 0.2) is 23.2 Å². The second-order valence-corrected chi connectivity index (χ2v) is 5.60. The van der Waals surface area contributed by atoms with Gasteiger partial charge in [0, 0.05) is 6.54 Å².